The largest absolute Gasteiger partial charge is 0.344 e. The maximum Gasteiger partial charge on any atom is 0.253 e. The van der Waals surface area contributed by atoms with Gasteiger partial charge in [-0.15, -0.1) is 0 Å². The Hall–Kier alpha value is -2.04. The molecule has 0 aromatic carbocycles. The van der Waals surface area contributed by atoms with E-state index in [0.29, 0.717) is 12.0 Å². The van der Waals surface area contributed by atoms with Crippen LogP contribution in [0.25, 0.3) is 0 Å². The highest BCUT2D eigenvalue weighted by Crippen LogP contribution is 2.03. The molecule has 88 valence electrons. The molecule has 0 bridgehead atoms. The highest BCUT2D eigenvalue weighted by atomic mass is 16.1. The molecule has 0 fully saturated rings. The molecule has 1 atom stereocenters. The zero-order chi connectivity index (χ0) is 12.3. The molecule has 1 aliphatic heterocycles. The summed E-state index contributed by atoms with van der Waals surface area (Å²) in [6, 6.07) is 3.47. The average molecular weight is 230 g/mol. The van der Waals surface area contributed by atoms with Crippen molar-refractivity contribution in [2.45, 2.75) is 26.3 Å². The van der Waals surface area contributed by atoms with Gasteiger partial charge in [-0.2, -0.15) is 10.2 Å². The quantitative estimate of drug-likeness (QED) is 0.851. The van der Waals surface area contributed by atoms with Crippen molar-refractivity contribution in [2.75, 3.05) is 0 Å². The van der Waals surface area contributed by atoms with Gasteiger partial charge in [0.05, 0.1) is 17.3 Å². The third-order valence-corrected chi connectivity index (χ3v) is 2.59. The van der Waals surface area contributed by atoms with Crippen LogP contribution in [-0.4, -0.2) is 28.9 Å². The van der Waals surface area contributed by atoms with Crippen molar-refractivity contribution < 1.29 is 4.79 Å². The van der Waals surface area contributed by atoms with Crippen molar-refractivity contribution in [1.82, 2.24) is 10.3 Å². The Morgan fingerprint density at radius 3 is 2.88 bits per heavy atom. The Morgan fingerprint density at radius 2 is 2.29 bits per heavy atom. The van der Waals surface area contributed by atoms with Crippen LogP contribution in [0, 0.1) is 6.92 Å². The monoisotopic (exact) mass is 230 g/mol. The number of rotatable bonds is 3. The molecule has 0 radical (unpaired) electrons. The number of carbonyl (C=O) groups is 1. The number of hydrogen-bond acceptors (Lipinski definition) is 4. The molecule has 0 aliphatic carbocycles. The van der Waals surface area contributed by atoms with Gasteiger partial charge in [0, 0.05) is 24.5 Å². The molecule has 1 aromatic heterocycles. The third-order valence-electron chi connectivity index (χ3n) is 2.59. The van der Waals surface area contributed by atoms with Gasteiger partial charge >= 0.3 is 0 Å². The SMILES string of the molecule is Cc1ccc(C(=O)N[C@H](C)C2=NN=CC2)cn1. The summed E-state index contributed by atoms with van der Waals surface area (Å²) in [5.41, 5.74) is 2.32. The number of aryl methyl sites for hydroxylation is 1. The zero-order valence-electron chi connectivity index (χ0n) is 9.84. The minimum absolute atomic E-state index is 0.105. The molecular weight excluding hydrogens is 216 g/mol. The predicted octanol–water partition coefficient (Wildman–Crippen LogP) is 1.34. The normalized spacial score (nSPS) is 15.5. The molecule has 5 nitrogen and oxygen atoms in total. The van der Waals surface area contributed by atoms with E-state index in [9.17, 15) is 4.79 Å². The summed E-state index contributed by atoms with van der Waals surface area (Å²) in [7, 11) is 0. The molecule has 1 amide bonds. The van der Waals surface area contributed by atoms with Crippen molar-refractivity contribution in [2.24, 2.45) is 10.2 Å². The van der Waals surface area contributed by atoms with Gasteiger partial charge in [0.1, 0.15) is 0 Å². The number of hydrogen-bond donors (Lipinski definition) is 1. The third kappa shape index (κ3) is 2.75. The molecule has 1 N–H and O–H groups in total. The van der Waals surface area contributed by atoms with Crippen molar-refractivity contribution in [3.8, 4) is 0 Å². The van der Waals surface area contributed by atoms with Gasteiger partial charge in [0.25, 0.3) is 5.91 Å². The van der Waals surface area contributed by atoms with Crippen molar-refractivity contribution in [3.05, 3.63) is 29.6 Å². The molecule has 1 aliphatic rings. The molecule has 0 unspecified atom stereocenters. The number of aromatic nitrogens is 1. The highest BCUT2D eigenvalue weighted by Gasteiger charge is 2.16. The van der Waals surface area contributed by atoms with E-state index in [4.69, 9.17) is 0 Å². The molecule has 5 heteroatoms. The maximum atomic E-state index is 11.9. The van der Waals surface area contributed by atoms with E-state index in [2.05, 4.69) is 20.5 Å². The van der Waals surface area contributed by atoms with E-state index in [0.717, 1.165) is 11.4 Å². The van der Waals surface area contributed by atoms with Crippen LogP contribution >= 0.6 is 0 Å². The summed E-state index contributed by atoms with van der Waals surface area (Å²) >= 11 is 0. The van der Waals surface area contributed by atoms with Crippen LogP contribution in [0.2, 0.25) is 0 Å². The van der Waals surface area contributed by atoms with Gasteiger partial charge in [0.2, 0.25) is 0 Å². The lowest BCUT2D eigenvalue weighted by Crippen LogP contribution is -2.38. The minimum Gasteiger partial charge on any atom is -0.344 e. The van der Waals surface area contributed by atoms with Crippen molar-refractivity contribution in [1.29, 1.82) is 0 Å². The van der Waals surface area contributed by atoms with E-state index in [-0.39, 0.29) is 11.9 Å². The number of carbonyl (C=O) groups excluding carboxylic acids is 1. The van der Waals surface area contributed by atoms with E-state index in [1.165, 1.54) is 0 Å². The first kappa shape index (κ1) is 11.4. The van der Waals surface area contributed by atoms with E-state index >= 15 is 0 Å². The second-order valence-electron chi connectivity index (χ2n) is 3.98. The Bertz CT molecular complexity index is 476. The molecule has 17 heavy (non-hydrogen) atoms. The summed E-state index contributed by atoms with van der Waals surface area (Å²) < 4.78 is 0. The summed E-state index contributed by atoms with van der Waals surface area (Å²) in [5, 5.41) is 10.6. The smallest absolute Gasteiger partial charge is 0.253 e. The number of pyridine rings is 1. The first-order valence-corrected chi connectivity index (χ1v) is 5.48. The topological polar surface area (TPSA) is 66.7 Å². The highest BCUT2D eigenvalue weighted by molar-refractivity contribution is 6.04. The number of nitrogens with zero attached hydrogens (tertiary/aromatic N) is 3. The van der Waals surface area contributed by atoms with Crippen molar-refractivity contribution in [3.63, 3.8) is 0 Å². The molecule has 0 saturated heterocycles. The molecule has 0 spiro atoms. The van der Waals surface area contributed by atoms with Gasteiger partial charge in [-0.25, -0.2) is 0 Å². The maximum absolute atomic E-state index is 11.9. The first-order valence-electron chi connectivity index (χ1n) is 5.48. The summed E-state index contributed by atoms with van der Waals surface area (Å²) in [6.07, 6.45) is 4.00. The van der Waals surface area contributed by atoms with Crippen LogP contribution in [0.5, 0.6) is 0 Å². The Labute approximate surface area is 99.7 Å². The second-order valence-corrected chi connectivity index (χ2v) is 3.98. The molecule has 2 rings (SSSR count). The van der Waals surface area contributed by atoms with Crippen LogP contribution in [0.4, 0.5) is 0 Å². The fourth-order valence-electron chi connectivity index (χ4n) is 1.52. The van der Waals surface area contributed by atoms with Crippen LogP contribution in [-0.2, 0) is 0 Å². The zero-order valence-corrected chi connectivity index (χ0v) is 9.84. The van der Waals surface area contributed by atoms with Crippen LogP contribution in [0.15, 0.2) is 28.5 Å². The van der Waals surface area contributed by atoms with Gasteiger partial charge in [-0.05, 0) is 26.0 Å². The van der Waals surface area contributed by atoms with Gasteiger partial charge < -0.3 is 5.32 Å². The van der Waals surface area contributed by atoms with E-state index in [1.807, 2.05) is 19.9 Å². The number of nitrogens with one attached hydrogen (secondary N) is 1. The standard InChI is InChI=1S/C12H14N4O/c1-8-3-4-10(7-13-8)12(17)15-9(2)11-5-6-14-16-11/h3-4,6-7,9H,5H2,1-2H3,(H,15,17)/t9-/m1/s1. The average Bonchev–Trinajstić information content (AvgIpc) is 2.83. The lowest BCUT2D eigenvalue weighted by atomic mass is 10.1. The summed E-state index contributed by atoms with van der Waals surface area (Å²) in [6.45, 7) is 3.78. The fourth-order valence-corrected chi connectivity index (χ4v) is 1.52. The second kappa shape index (κ2) is 4.86. The molecular formula is C12H14N4O. The lowest BCUT2D eigenvalue weighted by Gasteiger charge is -2.12. The Balaban J connectivity index is 1.99. The molecule has 0 saturated carbocycles. The lowest BCUT2D eigenvalue weighted by molar-refractivity contribution is 0.0948. The van der Waals surface area contributed by atoms with E-state index < -0.39 is 0 Å². The van der Waals surface area contributed by atoms with Gasteiger partial charge in [0.15, 0.2) is 0 Å². The fraction of sp³-hybridized carbons (Fsp3) is 0.333. The van der Waals surface area contributed by atoms with E-state index in [1.54, 1.807) is 18.5 Å². The predicted molar refractivity (Wildman–Crippen MR) is 66.4 cm³/mol. The van der Waals surface area contributed by atoms with Crippen molar-refractivity contribution >= 4 is 17.8 Å². The van der Waals surface area contributed by atoms with Crippen LogP contribution in [0.1, 0.15) is 29.4 Å². The summed E-state index contributed by atoms with van der Waals surface area (Å²) in [5.74, 6) is -0.139. The van der Waals surface area contributed by atoms with Gasteiger partial charge in [-0.3, -0.25) is 9.78 Å². The Morgan fingerprint density at radius 1 is 1.47 bits per heavy atom. The van der Waals surface area contributed by atoms with Gasteiger partial charge in [-0.1, -0.05) is 0 Å². The summed E-state index contributed by atoms with van der Waals surface area (Å²) in [4.78, 5) is 16.0. The van der Waals surface area contributed by atoms with Crippen LogP contribution < -0.4 is 5.32 Å². The number of amides is 1. The Kier molecular flexibility index (Phi) is 3.27. The first-order chi connectivity index (χ1) is 8.16. The minimum atomic E-state index is -0.139. The molecule has 1 aromatic rings. The van der Waals surface area contributed by atoms with Crippen LogP contribution in [0.3, 0.4) is 0 Å². The molecule has 2 heterocycles.